The van der Waals surface area contributed by atoms with Crippen molar-refractivity contribution in [2.24, 2.45) is 0 Å². The molecular formula is C23H29Cl3N8O2. The Labute approximate surface area is 225 Å². The summed E-state index contributed by atoms with van der Waals surface area (Å²) in [5.74, 6) is 0.000606. The van der Waals surface area contributed by atoms with Gasteiger partial charge < -0.3 is 20.9 Å². The summed E-state index contributed by atoms with van der Waals surface area (Å²) in [6.45, 7) is 5.69. The number of nitrogens with two attached hydrogens (primary N) is 1. The summed E-state index contributed by atoms with van der Waals surface area (Å²) in [5, 5.41) is 3.04. The maximum absolute atomic E-state index is 13.0. The third-order valence-electron chi connectivity index (χ3n) is 6.87. The molecule has 10 nitrogen and oxygen atoms in total. The summed E-state index contributed by atoms with van der Waals surface area (Å²) in [6.07, 6.45) is 2.68. The smallest absolute Gasteiger partial charge is 0.273 e. The molecular weight excluding hydrogens is 527 g/mol. The van der Waals surface area contributed by atoms with Gasteiger partial charge in [-0.05, 0) is 31.4 Å². The van der Waals surface area contributed by atoms with Gasteiger partial charge in [0.15, 0.2) is 22.5 Å². The molecule has 36 heavy (non-hydrogen) atoms. The molecule has 194 valence electrons. The molecule has 0 bridgehead atoms. The monoisotopic (exact) mass is 554 g/mol. The van der Waals surface area contributed by atoms with Crippen molar-refractivity contribution in [1.82, 2.24) is 30.1 Å². The molecule has 2 aromatic rings. The molecule has 2 aliphatic heterocycles. The minimum absolute atomic E-state index is 0.0221. The Bertz CT molecular complexity index is 1140. The lowest BCUT2D eigenvalue weighted by Crippen LogP contribution is -2.58. The van der Waals surface area contributed by atoms with Crippen LogP contribution in [-0.2, 0) is 0 Å². The molecule has 2 aliphatic rings. The highest BCUT2D eigenvalue weighted by Gasteiger charge is 2.35. The summed E-state index contributed by atoms with van der Waals surface area (Å²) in [7, 11) is 1.50. The molecule has 0 aromatic carbocycles. The van der Waals surface area contributed by atoms with E-state index in [2.05, 4.69) is 37.0 Å². The summed E-state index contributed by atoms with van der Waals surface area (Å²) in [6, 6.07) is 3.84. The molecule has 2 amide bonds. The number of piperazine rings is 1. The van der Waals surface area contributed by atoms with E-state index in [0.29, 0.717) is 37.1 Å². The highest BCUT2D eigenvalue weighted by Crippen LogP contribution is 2.30. The Hall–Kier alpha value is -2.40. The van der Waals surface area contributed by atoms with Crippen LogP contribution >= 0.6 is 34.8 Å². The van der Waals surface area contributed by atoms with E-state index < -0.39 is 5.91 Å². The van der Waals surface area contributed by atoms with Crippen molar-refractivity contribution in [1.29, 1.82) is 0 Å². The Balaban J connectivity index is 1.40. The van der Waals surface area contributed by atoms with Gasteiger partial charge in [-0.25, -0.2) is 15.0 Å². The van der Waals surface area contributed by atoms with Gasteiger partial charge in [-0.1, -0.05) is 41.7 Å². The maximum Gasteiger partial charge on any atom is 0.273 e. The lowest BCUT2D eigenvalue weighted by Gasteiger charge is -2.47. The third-order valence-corrected chi connectivity index (χ3v) is 7.62. The molecule has 0 radical (unpaired) electrons. The topological polar surface area (TPSA) is 121 Å². The van der Waals surface area contributed by atoms with Crippen molar-refractivity contribution in [2.45, 2.75) is 38.3 Å². The molecule has 2 saturated heterocycles. The minimum atomic E-state index is -0.427. The Morgan fingerprint density at radius 3 is 2.42 bits per heavy atom. The maximum atomic E-state index is 13.0. The minimum Gasteiger partial charge on any atom is -0.382 e. The first-order valence-corrected chi connectivity index (χ1v) is 13.0. The van der Waals surface area contributed by atoms with Crippen LogP contribution in [0, 0.1) is 0 Å². The van der Waals surface area contributed by atoms with E-state index in [1.165, 1.54) is 7.05 Å². The molecule has 0 unspecified atom stereocenters. The third kappa shape index (κ3) is 5.46. The molecule has 0 spiro atoms. The van der Waals surface area contributed by atoms with Gasteiger partial charge in [-0.3, -0.25) is 14.5 Å². The van der Waals surface area contributed by atoms with Crippen molar-refractivity contribution < 1.29 is 9.59 Å². The van der Waals surface area contributed by atoms with Crippen LogP contribution < -0.4 is 16.0 Å². The van der Waals surface area contributed by atoms with Gasteiger partial charge >= 0.3 is 0 Å². The molecule has 3 N–H and O–H groups in total. The molecule has 0 aliphatic carbocycles. The number of likely N-dealkylation sites (tertiary alicyclic amines) is 1. The summed E-state index contributed by atoms with van der Waals surface area (Å²) in [4.78, 5) is 43.9. The van der Waals surface area contributed by atoms with Gasteiger partial charge in [0.1, 0.15) is 10.3 Å². The van der Waals surface area contributed by atoms with Crippen LogP contribution in [0.3, 0.4) is 0 Å². The number of carbonyl (C=O) groups is 2. The van der Waals surface area contributed by atoms with Gasteiger partial charge in [-0.15, -0.1) is 0 Å². The fraction of sp³-hybridized carbons (Fsp3) is 0.522. The largest absolute Gasteiger partial charge is 0.382 e. The average molecular weight is 556 g/mol. The average Bonchev–Trinajstić information content (AvgIpc) is 2.88. The van der Waals surface area contributed by atoms with Crippen LogP contribution in [0.4, 0.5) is 11.6 Å². The number of piperidine rings is 1. The fourth-order valence-corrected chi connectivity index (χ4v) is 5.63. The first-order valence-electron chi connectivity index (χ1n) is 11.9. The van der Waals surface area contributed by atoms with Gasteiger partial charge in [0.2, 0.25) is 0 Å². The van der Waals surface area contributed by atoms with E-state index in [0.717, 1.165) is 32.4 Å². The summed E-state index contributed by atoms with van der Waals surface area (Å²) >= 11 is 18.4. The number of pyridine rings is 1. The number of nitrogen functional groups attached to an aromatic ring is 1. The first kappa shape index (κ1) is 26.7. The number of rotatable bonds is 5. The fourth-order valence-electron chi connectivity index (χ4n) is 4.95. The number of nitrogens with zero attached hydrogens (tertiary/aromatic N) is 6. The lowest BCUT2D eigenvalue weighted by molar-refractivity contribution is 0.0490. The van der Waals surface area contributed by atoms with Crippen LogP contribution in [0.25, 0.3) is 0 Å². The summed E-state index contributed by atoms with van der Waals surface area (Å²) < 4.78 is 0. The molecule has 4 rings (SSSR count). The van der Waals surface area contributed by atoms with Crippen LogP contribution in [0.15, 0.2) is 12.1 Å². The van der Waals surface area contributed by atoms with E-state index in [1.807, 2.05) is 4.90 Å². The van der Waals surface area contributed by atoms with Crippen molar-refractivity contribution in [3.05, 3.63) is 38.8 Å². The van der Waals surface area contributed by atoms with E-state index in [9.17, 15) is 9.59 Å². The van der Waals surface area contributed by atoms with Crippen molar-refractivity contribution in [2.75, 3.05) is 50.4 Å². The predicted molar refractivity (Wildman–Crippen MR) is 141 cm³/mol. The standard InChI is InChI=1S/C23H29Cl3N8O2/c1-3-13-12-33(21-19(26)30-17(20(27)31-21)22(35)28-2)10-11-34(13)14-6-8-32(9-7-14)23(36)15-4-5-16(24)29-18(15)25/h4-5,13-14H,3,6-12H2,1-2H3,(H2,27,31)(H,28,35)/t13-/m0/s1. The highest BCUT2D eigenvalue weighted by molar-refractivity contribution is 6.34. The second kappa shape index (κ2) is 11.3. The van der Waals surface area contributed by atoms with Crippen molar-refractivity contribution in [3.63, 3.8) is 0 Å². The van der Waals surface area contributed by atoms with Gasteiger partial charge in [0.05, 0.1) is 5.56 Å². The molecule has 2 aromatic heterocycles. The second-order valence-corrected chi connectivity index (χ2v) is 10.00. The Morgan fingerprint density at radius 1 is 1.06 bits per heavy atom. The van der Waals surface area contributed by atoms with Crippen LogP contribution in [0.5, 0.6) is 0 Å². The number of hydrogen-bond acceptors (Lipinski definition) is 8. The molecule has 4 heterocycles. The number of nitrogens with one attached hydrogen (secondary N) is 1. The SMILES string of the molecule is CC[C@H]1CN(c2nc(N)c(C(=O)NC)nc2Cl)CCN1C1CCN(C(=O)c2ccc(Cl)nc2Cl)CC1. The van der Waals surface area contributed by atoms with E-state index in [4.69, 9.17) is 40.5 Å². The van der Waals surface area contributed by atoms with Gasteiger partial charge in [0.25, 0.3) is 11.8 Å². The number of aromatic nitrogens is 3. The lowest BCUT2D eigenvalue weighted by atomic mass is 9.98. The van der Waals surface area contributed by atoms with E-state index >= 15 is 0 Å². The zero-order valence-electron chi connectivity index (χ0n) is 20.2. The predicted octanol–water partition coefficient (Wildman–Crippen LogP) is 2.98. The number of carbonyl (C=O) groups excluding carboxylic acids is 2. The van der Waals surface area contributed by atoms with E-state index in [1.54, 1.807) is 12.1 Å². The zero-order valence-corrected chi connectivity index (χ0v) is 22.4. The number of halogens is 3. The molecule has 1 atom stereocenters. The Kier molecular flexibility index (Phi) is 8.39. The highest BCUT2D eigenvalue weighted by atomic mass is 35.5. The molecule has 0 saturated carbocycles. The van der Waals surface area contributed by atoms with Gasteiger partial charge in [0, 0.05) is 51.9 Å². The number of hydrogen-bond donors (Lipinski definition) is 2. The van der Waals surface area contributed by atoms with E-state index in [-0.39, 0.29) is 38.9 Å². The Morgan fingerprint density at radius 2 is 1.78 bits per heavy atom. The van der Waals surface area contributed by atoms with Crippen LogP contribution in [0.2, 0.25) is 15.5 Å². The molecule has 13 heteroatoms. The van der Waals surface area contributed by atoms with Crippen molar-refractivity contribution >= 4 is 58.3 Å². The van der Waals surface area contributed by atoms with Crippen LogP contribution in [-0.4, -0.2) is 88.4 Å². The van der Waals surface area contributed by atoms with Crippen LogP contribution in [0.1, 0.15) is 47.0 Å². The summed E-state index contributed by atoms with van der Waals surface area (Å²) in [5.41, 5.74) is 6.40. The second-order valence-electron chi connectivity index (χ2n) is 8.89. The number of anilines is 2. The molecule has 2 fully saturated rings. The normalized spacial score (nSPS) is 19.4. The number of amides is 2. The zero-order chi connectivity index (χ0) is 26.0. The van der Waals surface area contributed by atoms with Gasteiger partial charge in [-0.2, -0.15) is 0 Å². The van der Waals surface area contributed by atoms with Crippen molar-refractivity contribution in [3.8, 4) is 0 Å². The first-order chi connectivity index (χ1) is 17.2. The quantitative estimate of drug-likeness (QED) is 0.540.